The molecule has 1 N–H and O–H groups in total. The van der Waals surface area contributed by atoms with Crippen LogP contribution in [0, 0.1) is 0 Å². The molecule has 1 atom stereocenters. The van der Waals surface area contributed by atoms with E-state index in [9.17, 15) is 14.4 Å². The predicted octanol–water partition coefficient (Wildman–Crippen LogP) is 4.62. The molecule has 36 heavy (non-hydrogen) atoms. The molecule has 2 fully saturated rings. The molecule has 8 heteroatoms. The van der Waals surface area contributed by atoms with E-state index in [0.29, 0.717) is 19.0 Å². The normalized spacial score (nSPS) is 20.9. The molecule has 0 saturated carbocycles. The fraction of sp³-hybridized carbons (Fsp3) is 0.286. The van der Waals surface area contributed by atoms with Crippen molar-refractivity contribution in [3.8, 4) is 0 Å². The molecular weight excluding hydrogens is 472 g/mol. The van der Waals surface area contributed by atoms with Crippen LogP contribution < -0.4 is 5.32 Å². The predicted molar refractivity (Wildman–Crippen MR) is 140 cm³/mol. The van der Waals surface area contributed by atoms with Crippen LogP contribution in [0.2, 0.25) is 0 Å². The topological polar surface area (TPSA) is 82.6 Å². The number of amides is 4. The number of likely N-dealkylation sites (tertiary alicyclic amines) is 1. The first-order chi connectivity index (χ1) is 17.4. The first-order valence-corrected chi connectivity index (χ1v) is 13.0. The summed E-state index contributed by atoms with van der Waals surface area (Å²) in [5.41, 5.74) is 0.521. The van der Waals surface area contributed by atoms with Crippen LogP contribution >= 0.6 is 11.3 Å². The Bertz CT molecular complexity index is 1470. The van der Waals surface area contributed by atoms with Gasteiger partial charge in [-0.15, -0.1) is 11.3 Å². The van der Waals surface area contributed by atoms with Crippen LogP contribution in [-0.2, 0) is 15.1 Å². The quantitative estimate of drug-likeness (QED) is 0.416. The average Bonchev–Trinajstić information content (AvgIpc) is 3.43. The van der Waals surface area contributed by atoms with Gasteiger partial charge in [0.1, 0.15) is 12.1 Å². The molecule has 4 aromatic rings. The zero-order valence-electron chi connectivity index (χ0n) is 19.9. The number of urea groups is 1. The second kappa shape index (κ2) is 8.71. The zero-order chi connectivity index (χ0) is 24.9. The van der Waals surface area contributed by atoms with Gasteiger partial charge in [-0.3, -0.25) is 14.5 Å². The summed E-state index contributed by atoms with van der Waals surface area (Å²) in [5.74, 6) is -0.289. The molecule has 0 aliphatic carbocycles. The number of para-hydroxylation sites is 1. The summed E-state index contributed by atoms with van der Waals surface area (Å²) in [4.78, 5) is 47.1. The molecule has 182 valence electrons. The summed E-state index contributed by atoms with van der Waals surface area (Å²) in [5, 5.41) is 5.86. The van der Waals surface area contributed by atoms with Crippen molar-refractivity contribution in [1.82, 2.24) is 20.1 Å². The first kappa shape index (κ1) is 22.7. The van der Waals surface area contributed by atoms with Crippen molar-refractivity contribution in [3.05, 3.63) is 77.3 Å². The van der Waals surface area contributed by atoms with Gasteiger partial charge in [-0.25, -0.2) is 9.78 Å². The lowest BCUT2D eigenvalue weighted by Gasteiger charge is -2.32. The average molecular weight is 499 g/mol. The van der Waals surface area contributed by atoms with Crippen LogP contribution in [0.25, 0.3) is 21.0 Å². The molecule has 6 rings (SSSR count). The third-order valence-corrected chi connectivity index (χ3v) is 8.60. The van der Waals surface area contributed by atoms with Gasteiger partial charge in [-0.05, 0) is 48.2 Å². The lowest BCUT2D eigenvalue weighted by atomic mass is 9.88. The number of benzene rings is 3. The highest BCUT2D eigenvalue weighted by Crippen LogP contribution is 2.35. The number of carbonyl (C=O) groups is 3. The standard InChI is InChI=1S/C28H26N4O3S/c1-28(21-10-6-8-18-7-2-3-9-20(18)21)26(34)32(27(35)30-28)17-24(33)31-15-13-19(14-16-31)25-29-22-11-4-5-12-23(22)36-25/h2-12,19H,13-17H2,1H3,(H,30,35)/t28-/m0/s1. The summed E-state index contributed by atoms with van der Waals surface area (Å²) in [6, 6.07) is 21.1. The van der Waals surface area contributed by atoms with E-state index >= 15 is 0 Å². The smallest absolute Gasteiger partial charge is 0.325 e. The Morgan fingerprint density at radius 3 is 2.56 bits per heavy atom. The van der Waals surface area contributed by atoms with Crippen molar-refractivity contribution in [2.75, 3.05) is 19.6 Å². The number of carbonyl (C=O) groups excluding carboxylic acids is 3. The third-order valence-electron chi connectivity index (χ3n) is 7.40. The lowest BCUT2D eigenvalue weighted by Crippen LogP contribution is -2.46. The molecule has 0 bridgehead atoms. The van der Waals surface area contributed by atoms with E-state index in [1.165, 1.54) is 4.70 Å². The maximum absolute atomic E-state index is 13.5. The van der Waals surface area contributed by atoms with E-state index in [1.807, 2.05) is 60.7 Å². The van der Waals surface area contributed by atoms with E-state index < -0.39 is 17.5 Å². The Labute approximate surface area is 212 Å². The Balaban J connectivity index is 1.14. The minimum atomic E-state index is -1.22. The van der Waals surface area contributed by atoms with E-state index in [4.69, 9.17) is 4.98 Å². The monoisotopic (exact) mass is 498 g/mol. The molecule has 3 aromatic carbocycles. The van der Waals surface area contributed by atoms with Gasteiger partial charge in [-0.2, -0.15) is 0 Å². The Kier molecular flexibility index (Phi) is 5.48. The number of piperidine rings is 1. The third kappa shape index (κ3) is 3.73. The van der Waals surface area contributed by atoms with Gasteiger partial charge in [0.05, 0.1) is 15.2 Å². The van der Waals surface area contributed by atoms with E-state index in [0.717, 1.165) is 44.6 Å². The largest absolute Gasteiger partial charge is 0.341 e. The number of thiazole rings is 1. The van der Waals surface area contributed by atoms with Crippen LogP contribution in [0.4, 0.5) is 4.79 Å². The van der Waals surface area contributed by atoms with E-state index in [-0.39, 0.29) is 12.5 Å². The number of nitrogens with zero attached hydrogens (tertiary/aromatic N) is 3. The van der Waals surface area contributed by atoms with E-state index in [2.05, 4.69) is 11.4 Å². The number of fused-ring (bicyclic) bond motifs is 2. The van der Waals surface area contributed by atoms with Crippen molar-refractivity contribution in [1.29, 1.82) is 0 Å². The molecule has 2 saturated heterocycles. The number of nitrogens with one attached hydrogen (secondary N) is 1. The highest BCUT2D eigenvalue weighted by molar-refractivity contribution is 7.18. The summed E-state index contributed by atoms with van der Waals surface area (Å²) in [6.45, 7) is 2.63. The lowest BCUT2D eigenvalue weighted by molar-refractivity contribution is -0.139. The minimum absolute atomic E-state index is 0.205. The maximum atomic E-state index is 13.5. The van der Waals surface area contributed by atoms with Gasteiger partial charge in [0.25, 0.3) is 5.91 Å². The summed E-state index contributed by atoms with van der Waals surface area (Å²) in [6.07, 6.45) is 1.64. The SMILES string of the molecule is C[C@@]1(c2cccc3ccccc23)NC(=O)N(CC(=O)N2CCC(c3nc4ccccc4s3)CC2)C1=O. The summed E-state index contributed by atoms with van der Waals surface area (Å²) >= 11 is 1.72. The van der Waals surface area contributed by atoms with Crippen molar-refractivity contribution < 1.29 is 14.4 Å². The van der Waals surface area contributed by atoms with Gasteiger partial charge in [0.2, 0.25) is 5.91 Å². The van der Waals surface area contributed by atoms with Gasteiger partial charge in [0, 0.05) is 19.0 Å². The Hall–Kier alpha value is -3.78. The fourth-order valence-corrected chi connectivity index (χ4v) is 6.50. The van der Waals surface area contributed by atoms with Crippen LogP contribution in [0.15, 0.2) is 66.7 Å². The number of hydrogen-bond acceptors (Lipinski definition) is 5. The minimum Gasteiger partial charge on any atom is -0.341 e. The zero-order valence-corrected chi connectivity index (χ0v) is 20.8. The molecular formula is C28H26N4O3S. The molecule has 2 aliphatic rings. The molecule has 0 radical (unpaired) electrons. The first-order valence-electron chi connectivity index (χ1n) is 12.2. The Morgan fingerprint density at radius 2 is 1.75 bits per heavy atom. The van der Waals surface area contributed by atoms with Gasteiger partial charge >= 0.3 is 6.03 Å². The van der Waals surface area contributed by atoms with Crippen LogP contribution in [0.5, 0.6) is 0 Å². The number of imide groups is 1. The second-order valence-electron chi connectivity index (χ2n) is 9.65. The van der Waals surface area contributed by atoms with Crippen molar-refractivity contribution >= 4 is 50.2 Å². The summed E-state index contributed by atoms with van der Waals surface area (Å²) in [7, 11) is 0. The molecule has 3 heterocycles. The molecule has 4 amide bonds. The Morgan fingerprint density at radius 1 is 1.03 bits per heavy atom. The highest BCUT2D eigenvalue weighted by atomic mass is 32.1. The molecule has 0 spiro atoms. The second-order valence-corrected chi connectivity index (χ2v) is 10.7. The van der Waals surface area contributed by atoms with Crippen molar-refractivity contribution in [2.24, 2.45) is 0 Å². The molecule has 1 aromatic heterocycles. The van der Waals surface area contributed by atoms with Crippen LogP contribution in [-0.4, -0.2) is 52.3 Å². The van der Waals surface area contributed by atoms with Gasteiger partial charge in [0.15, 0.2) is 0 Å². The molecule has 7 nitrogen and oxygen atoms in total. The van der Waals surface area contributed by atoms with Gasteiger partial charge in [-0.1, -0.05) is 54.6 Å². The van der Waals surface area contributed by atoms with Crippen LogP contribution in [0.1, 0.15) is 36.3 Å². The number of rotatable bonds is 4. The number of aromatic nitrogens is 1. The number of hydrogen-bond donors (Lipinski definition) is 1. The van der Waals surface area contributed by atoms with Gasteiger partial charge < -0.3 is 10.2 Å². The van der Waals surface area contributed by atoms with Crippen molar-refractivity contribution in [3.63, 3.8) is 0 Å². The molecule has 2 aliphatic heterocycles. The van der Waals surface area contributed by atoms with Crippen LogP contribution in [0.3, 0.4) is 0 Å². The highest BCUT2D eigenvalue weighted by Gasteiger charge is 2.50. The fourth-order valence-electron chi connectivity index (χ4n) is 5.36. The van der Waals surface area contributed by atoms with E-state index in [1.54, 1.807) is 23.2 Å². The summed E-state index contributed by atoms with van der Waals surface area (Å²) < 4.78 is 1.18. The molecule has 0 unspecified atom stereocenters. The van der Waals surface area contributed by atoms with Crippen molar-refractivity contribution in [2.45, 2.75) is 31.2 Å². The maximum Gasteiger partial charge on any atom is 0.325 e.